The number of non-ortho nitro benzene ring substituents is 1. The average Bonchev–Trinajstić information content (AvgIpc) is 2.59. The first kappa shape index (κ1) is 13.5. The number of benzene rings is 1. The Kier molecular flexibility index (Phi) is 3.52. The van der Waals surface area contributed by atoms with Crippen molar-refractivity contribution in [1.82, 2.24) is 4.90 Å². The molecule has 1 aromatic rings. The van der Waals surface area contributed by atoms with E-state index in [2.05, 4.69) is 21.2 Å². The van der Waals surface area contributed by atoms with Crippen LogP contribution in [0.4, 0.5) is 11.4 Å². The normalized spacial score (nSPS) is 18.8. The molecule has 0 radical (unpaired) electrons. The van der Waals surface area contributed by atoms with Crippen LogP contribution in [0.15, 0.2) is 22.7 Å². The van der Waals surface area contributed by atoms with Crippen LogP contribution in [0.5, 0.6) is 0 Å². The number of likely N-dealkylation sites (N-methyl/N-ethyl adjacent to an activating group) is 1. The van der Waals surface area contributed by atoms with Crippen LogP contribution < -0.4 is 5.32 Å². The van der Waals surface area contributed by atoms with Crippen molar-refractivity contribution >= 4 is 39.1 Å². The highest BCUT2D eigenvalue weighted by molar-refractivity contribution is 9.10. The highest BCUT2D eigenvalue weighted by Crippen LogP contribution is 2.29. The van der Waals surface area contributed by atoms with Gasteiger partial charge in [0.25, 0.3) is 11.6 Å². The lowest BCUT2D eigenvalue weighted by Crippen LogP contribution is -2.31. The van der Waals surface area contributed by atoms with E-state index < -0.39 is 11.0 Å². The number of amides is 2. The first-order chi connectivity index (χ1) is 8.90. The number of carbonyl (C=O) groups excluding carboxylic acids is 2. The smallest absolute Gasteiger partial charge is 0.271 e. The van der Waals surface area contributed by atoms with E-state index in [9.17, 15) is 19.7 Å². The topological polar surface area (TPSA) is 92.6 Å². The fourth-order valence-corrected chi connectivity index (χ4v) is 2.15. The summed E-state index contributed by atoms with van der Waals surface area (Å²) in [5, 5.41) is 13.6. The van der Waals surface area contributed by atoms with Gasteiger partial charge in [-0.2, -0.15) is 0 Å². The molecule has 7 nitrogen and oxygen atoms in total. The van der Waals surface area contributed by atoms with E-state index in [0.717, 1.165) is 4.90 Å². The number of likely N-dealkylation sites (tertiary alicyclic amines) is 1. The Labute approximate surface area is 116 Å². The van der Waals surface area contributed by atoms with E-state index in [4.69, 9.17) is 0 Å². The van der Waals surface area contributed by atoms with Crippen LogP contribution in [0.1, 0.15) is 6.42 Å². The number of rotatable bonds is 3. The minimum Gasteiger partial charge on any atom is -0.372 e. The number of nitrogens with zero attached hydrogens (tertiary/aromatic N) is 2. The summed E-state index contributed by atoms with van der Waals surface area (Å²) in [6, 6.07) is 3.50. The highest BCUT2D eigenvalue weighted by Gasteiger charge is 2.36. The van der Waals surface area contributed by atoms with Gasteiger partial charge >= 0.3 is 0 Å². The molecule has 1 fully saturated rings. The van der Waals surface area contributed by atoms with E-state index in [-0.39, 0.29) is 23.9 Å². The van der Waals surface area contributed by atoms with Crippen LogP contribution in [0.2, 0.25) is 0 Å². The number of nitro groups is 1. The zero-order valence-corrected chi connectivity index (χ0v) is 11.5. The van der Waals surface area contributed by atoms with Crippen LogP contribution in [0.3, 0.4) is 0 Å². The summed E-state index contributed by atoms with van der Waals surface area (Å²) in [6.45, 7) is 0. The largest absolute Gasteiger partial charge is 0.372 e. The van der Waals surface area contributed by atoms with E-state index >= 15 is 0 Å². The molecule has 0 spiro atoms. The van der Waals surface area contributed by atoms with Crippen molar-refractivity contribution in [2.24, 2.45) is 0 Å². The molecule has 0 aliphatic carbocycles. The molecule has 1 aliphatic heterocycles. The number of hydrogen-bond acceptors (Lipinski definition) is 5. The van der Waals surface area contributed by atoms with E-state index in [0.29, 0.717) is 10.2 Å². The number of imide groups is 1. The molecule has 100 valence electrons. The first-order valence-corrected chi connectivity index (χ1v) is 6.20. The molecule has 8 heteroatoms. The predicted octanol–water partition coefficient (Wildman–Crippen LogP) is 1.53. The van der Waals surface area contributed by atoms with Crippen LogP contribution in [0.25, 0.3) is 0 Å². The standard InChI is InChI=1S/C11H10BrN3O4/c1-14-10(16)5-9(11(14)17)13-8-4-6(15(18)19)2-3-7(8)12/h2-4,9,13H,5H2,1H3. The monoisotopic (exact) mass is 327 g/mol. The average molecular weight is 328 g/mol. The van der Waals surface area contributed by atoms with Crippen molar-refractivity contribution in [3.8, 4) is 0 Å². The fourth-order valence-electron chi connectivity index (χ4n) is 1.79. The van der Waals surface area contributed by atoms with Crippen LogP contribution in [-0.4, -0.2) is 34.7 Å². The molecule has 0 saturated carbocycles. The Morgan fingerprint density at radius 1 is 1.47 bits per heavy atom. The van der Waals surface area contributed by atoms with Crippen molar-refractivity contribution in [1.29, 1.82) is 0 Å². The van der Waals surface area contributed by atoms with E-state index in [1.54, 1.807) is 0 Å². The zero-order chi connectivity index (χ0) is 14.2. The molecule has 1 atom stereocenters. The summed E-state index contributed by atoms with van der Waals surface area (Å²) in [5.41, 5.74) is 0.325. The van der Waals surface area contributed by atoms with Gasteiger partial charge in [-0.25, -0.2) is 0 Å². The molecule has 1 unspecified atom stereocenters. The molecular formula is C11H10BrN3O4. The lowest BCUT2D eigenvalue weighted by molar-refractivity contribution is -0.384. The van der Waals surface area contributed by atoms with Gasteiger partial charge in [-0.1, -0.05) is 0 Å². The molecule has 1 saturated heterocycles. The SMILES string of the molecule is CN1C(=O)CC(Nc2cc([N+](=O)[O-])ccc2Br)C1=O. The number of nitrogens with one attached hydrogen (secondary N) is 1. The lowest BCUT2D eigenvalue weighted by Gasteiger charge is -2.13. The quantitative estimate of drug-likeness (QED) is 0.516. The number of carbonyl (C=O) groups is 2. The van der Waals surface area contributed by atoms with Crippen LogP contribution >= 0.6 is 15.9 Å². The van der Waals surface area contributed by atoms with E-state index in [1.807, 2.05) is 0 Å². The maximum absolute atomic E-state index is 11.7. The van der Waals surface area contributed by atoms with Crippen molar-refractivity contribution in [3.63, 3.8) is 0 Å². The Morgan fingerprint density at radius 2 is 2.16 bits per heavy atom. The lowest BCUT2D eigenvalue weighted by atomic mass is 10.2. The first-order valence-electron chi connectivity index (χ1n) is 5.41. The van der Waals surface area contributed by atoms with Gasteiger partial charge in [-0.05, 0) is 22.0 Å². The minimum atomic E-state index is -0.684. The zero-order valence-electron chi connectivity index (χ0n) is 9.92. The molecule has 2 rings (SSSR count). The second-order valence-electron chi connectivity index (χ2n) is 4.11. The summed E-state index contributed by atoms with van der Waals surface area (Å²) in [7, 11) is 1.41. The van der Waals surface area contributed by atoms with Crippen LogP contribution in [-0.2, 0) is 9.59 Å². The Morgan fingerprint density at radius 3 is 2.68 bits per heavy atom. The number of anilines is 1. The predicted molar refractivity (Wildman–Crippen MR) is 70.6 cm³/mol. The maximum atomic E-state index is 11.7. The molecule has 19 heavy (non-hydrogen) atoms. The summed E-state index contributed by atoms with van der Waals surface area (Å²) in [4.78, 5) is 34.4. The molecule has 1 aliphatic rings. The number of hydrogen-bond donors (Lipinski definition) is 1. The summed E-state index contributed by atoms with van der Waals surface area (Å²) < 4.78 is 0.591. The van der Waals surface area contributed by atoms with Crippen molar-refractivity contribution in [3.05, 3.63) is 32.8 Å². The van der Waals surface area contributed by atoms with Gasteiger partial charge in [0.2, 0.25) is 5.91 Å². The van der Waals surface area contributed by atoms with Gasteiger partial charge in [-0.15, -0.1) is 0 Å². The third-order valence-electron chi connectivity index (χ3n) is 2.87. The second-order valence-corrected chi connectivity index (χ2v) is 4.97. The van der Waals surface area contributed by atoms with E-state index in [1.165, 1.54) is 25.2 Å². The molecular weight excluding hydrogens is 318 g/mol. The molecule has 0 aromatic heterocycles. The second kappa shape index (κ2) is 4.96. The molecule has 0 bridgehead atoms. The summed E-state index contributed by atoms with van der Waals surface area (Å²) >= 11 is 3.24. The molecule has 1 N–H and O–H groups in total. The number of nitro benzene ring substituents is 1. The third kappa shape index (κ3) is 2.58. The van der Waals surface area contributed by atoms with Gasteiger partial charge in [0.05, 0.1) is 17.0 Å². The Balaban J connectivity index is 2.24. The van der Waals surface area contributed by atoms with Gasteiger partial charge in [0, 0.05) is 23.7 Å². The molecule has 1 aromatic carbocycles. The molecule has 2 amide bonds. The third-order valence-corrected chi connectivity index (χ3v) is 3.56. The summed E-state index contributed by atoms with van der Waals surface area (Å²) in [6.07, 6.45) is 0.0461. The van der Waals surface area contributed by atoms with Crippen molar-refractivity contribution in [2.75, 3.05) is 12.4 Å². The maximum Gasteiger partial charge on any atom is 0.271 e. The fraction of sp³-hybridized carbons (Fsp3) is 0.273. The molecule has 1 heterocycles. The summed E-state index contributed by atoms with van der Waals surface area (Å²) in [5.74, 6) is -0.618. The van der Waals surface area contributed by atoms with Gasteiger partial charge in [0.1, 0.15) is 6.04 Å². The van der Waals surface area contributed by atoms with Gasteiger partial charge in [-0.3, -0.25) is 24.6 Å². The van der Waals surface area contributed by atoms with Crippen molar-refractivity contribution in [2.45, 2.75) is 12.5 Å². The van der Waals surface area contributed by atoms with Crippen LogP contribution in [0, 0.1) is 10.1 Å². The highest BCUT2D eigenvalue weighted by atomic mass is 79.9. The number of halogens is 1. The minimum absolute atomic E-state index is 0.0461. The Hall–Kier alpha value is -1.96. The van der Waals surface area contributed by atoms with Crippen molar-refractivity contribution < 1.29 is 14.5 Å². The van der Waals surface area contributed by atoms with Gasteiger partial charge < -0.3 is 5.32 Å². The van der Waals surface area contributed by atoms with Gasteiger partial charge in [0.15, 0.2) is 0 Å². The Bertz CT molecular complexity index is 575.